The van der Waals surface area contributed by atoms with Crippen molar-refractivity contribution in [2.45, 2.75) is 52.3 Å². The van der Waals surface area contributed by atoms with Gasteiger partial charge in [-0.1, -0.05) is 33.1 Å². The number of alkyl halides is 3. The summed E-state index contributed by atoms with van der Waals surface area (Å²) in [4.78, 5) is 0. The van der Waals surface area contributed by atoms with Crippen LogP contribution in [0.4, 0.5) is 13.2 Å². The molecule has 0 bridgehead atoms. The molecule has 0 aliphatic heterocycles. The molecule has 21 heavy (non-hydrogen) atoms. The summed E-state index contributed by atoms with van der Waals surface area (Å²) in [7, 11) is 0. The monoisotopic (exact) mass is 303 g/mol. The van der Waals surface area contributed by atoms with Crippen LogP contribution in [0, 0.1) is 5.92 Å². The minimum atomic E-state index is -4.37. The fourth-order valence-corrected chi connectivity index (χ4v) is 2.22. The van der Waals surface area contributed by atoms with Crippen LogP contribution in [-0.2, 0) is 12.7 Å². The summed E-state index contributed by atoms with van der Waals surface area (Å²) < 4.78 is 44.0. The zero-order valence-electron chi connectivity index (χ0n) is 12.7. The standard InChI is InChI=1S/C16H24F3NO/c1-3-5-6-12(4-2)11-21-14-7-8-15(16(17,18)19)13(9-14)10-20/h7-9,12H,3-6,10-11,20H2,1-2H3. The van der Waals surface area contributed by atoms with Gasteiger partial charge in [0, 0.05) is 6.54 Å². The third-order valence-electron chi connectivity index (χ3n) is 3.63. The maximum Gasteiger partial charge on any atom is 0.416 e. The van der Waals surface area contributed by atoms with Crippen molar-refractivity contribution in [1.29, 1.82) is 0 Å². The van der Waals surface area contributed by atoms with Crippen LogP contribution in [0.15, 0.2) is 18.2 Å². The zero-order chi connectivity index (χ0) is 15.9. The van der Waals surface area contributed by atoms with Gasteiger partial charge in [0.1, 0.15) is 5.75 Å². The van der Waals surface area contributed by atoms with Gasteiger partial charge >= 0.3 is 6.18 Å². The molecule has 1 unspecified atom stereocenters. The molecule has 0 saturated heterocycles. The molecule has 1 rings (SSSR count). The van der Waals surface area contributed by atoms with Crippen LogP contribution >= 0.6 is 0 Å². The van der Waals surface area contributed by atoms with E-state index in [4.69, 9.17) is 10.5 Å². The Bertz CT molecular complexity index is 432. The molecule has 1 aromatic carbocycles. The first-order valence-corrected chi connectivity index (χ1v) is 7.45. The molecule has 0 saturated carbocycles. The van der Waals surface area contributed by atoms with E-state index in [1.807, 2.05) is 0 Å². The van der Waals surface area contributed by atoms with E-state index in [1.54, 1.807) is 0 Å². The van der Waals surface area contributed by atoms with E-state index < -0.39 is 11.7 Å². The van der Waals surface area contributed by atoms with Gasteiger partial charge < -0.3 is 10.5 Å². The highest BCUT2D eigenvalue weighted by Crippen LogP contribution is 2.33. The third kappa shape index (κ3) is 5.58. The van der Waals surface area contributed by atoms with E-state index in [0.717, 1.165) is 31.7 Å². The molecule has 0 fully saturated rings. The fraction of sp³-hybridized carbons (Fsp3) is 0.625. The lowest BCUT2D eigenvalue weighted by molar-refractivity contribution is -0.138. The SMILES string of the molecule is CCCCC(CC)COc1ccc(C(F)(F)F)c(CN)c1. The number of unbranched alkanes of at least 4 members (excludes halogenated alkanes) is 1. The van der Waals surface area contributed by atoms with E-state index >= 15 is 0 Å². The van der Waals surface area contributed by atoms with Crippen LogP contribution in [-0.4, -0.2) is 6.61 Å². The lowest BCUT2D eigenvalue weighted by Gasteiger charge is -2.17. The van der Waals surface area contributed by atoms with Crippen LogP contribution in [0.2, 0.25) is 0 Å². The average molecular weight is 303 g/mol. The molecule has 0 amide bonds. The maximum atomic E-state index is 12.8. The highest BCUT2D eigenvalue weighted by atomic mass is 19.4. The second kappa shape index (κ2) is 8.27. The van der Waals surface area contributed by atoms with Crippen LogP contribution in [0.1, 0.15) is 50.7 Å². The Morgan fingerprint density at radius 2 is 1.95 bits per heavy atom. The number of nitrogens with two attached hydrogens (primary N) is 1. The Balaban J connectivity index is 2.72. The number of hydrogen-bond donors (Lipinski definition) is 1. The molecular formula is C16H24F3NO. The van der Waals surface area contributed by atoms with Crippen LogP contribution in [0.5, 0.6) is 5.75 Å². The second-order valence-corrected chi connectivity index (χ2v) is 5.25. The molecule has 120 valence electrons. The van der Waals surface area contributed by atoms with Gasteiger partial charge in [0.05, 0.1) is 12.2 Å². The topological polar surface area (TPSA) is 35.2 Å². The number of rotatable bonds is 8. The molecule has 0 aliphatic carbocycles. The van der Waals surface area contributed by atoms with Crippen molar-refractivity contribution in [2.24, 2.45) is 11.7 Å². The van der Waals surface area contributed by atoms with Gasteiger partial charge in [-0.05, 0) is 36.1 Å². The summed E-state index contributed by atoms with van der Waals surface area (Å²) in [5, 5.41) is 0. The molecule has 0 radical (unpaired) electrons. The van der Waals surface area contributed by atoms with Crippen molar-refractivity contribution in [3.8, 4) is 5.75 Å². The summed E-state index contributed by atoms with van der Waals surface area (Å²) in [5.74, 6) is 0.895. The van der Waals surface area contributed by atoms with Crippen LogP contribution in [0.3, 0.4) is 0 Å². The van der Waals surface area contributed by atoms with Gasteiger partial charge in [-0.15, -0.1) is 0 Å². The van der Waals surface area contributed by atoms with Crippen molar-refractivity contribution in [2.75, 3.05) is 6.61 Å². The molecule has 1 aromatic rings. The molecule has 0 aliphatic rings. The molecule has 0 spiro atoms. The highest BCUT2D eigenvalue weighted by molar-refractivity contribution is 5.37. The lowest BCUT2D eigenvalue weighted by atomic mass is 10.0. The van der Waals surface area contributed by atoms with Gasteiger partial charge in [0.15, 0.2) is 0 Å². The predicted octanol–water partition coefficient (Wildman–Crippen LogP) is 4.76. The average Bonchev–Trinajstić information content (AvgIpc) is 2.46. The Hall–Kier alpha value is -1.23. The van der Waals surface area contributed by atoms with Gasteiger partial charge in [0.2, 0.25) is 0 Å². The number of benzene rings is 1. The number of hydrogen-bond acceptors (Lipinski definition) is 2. The van der Waals surface area contributed by atoms with Crippen LogP contribution in [0.25, 0.3) is 0 Å². The van der Waals surface area contributed by atoms with Crippen molar-refractivity contribution in [3.63, 3.8) is 0 Å². The van der Waals surface area contributed by atoms with E-state index in [2.05, 4.69) is 13.8 Å². The smallest absolute Gasteiger partial charge is 0.416 e. The minimum absolute atomic E-state index is 0.0709. The number of halogens is 3. The predicted molar refractivity (Wildman–Crippen MR) is 78.1 cm³/mol. The van der Waals surface area contributed by atoms with Crippen molar-refractivity contribution < 1.29 is 17.9 Å². The van der Waals surface area contributed by atoms with Crippen LogP contribution < -0.4 is 10.5 Å². The molecule has 1 atom stereocenters. The van der Waals surface area contributed by atoms with E-state index in [-0.39, 0.29) is 12.1 Å². The van der Waals surface area contributed by atoms with E-state index in [0.29, 0.717) is 18.3 Å². The summed E-state index contributed by atoms with van der Waals surface area (Å²) >= 11 is 0. The molecular weight excluding hydrogens is 279 g/mol. The first kappa shape index (κ1) is 17.8. The summed E-state index contributed by atoms with van der Waals surface area (Å²) in [5.41, 5.74) is 4.79. The Kier molecular flexibility index (Phi) is 7.02. The molecule has 0 heterocycles. The van der Waals surface area contributed by atoms with Crippen molar-refractivity contribution in [3.05, 3.63) is 29.3 Å². The van der Waals surface area contributed by atoms with Gasteiger partial charge in [-0.3, -0.25) is 0 Å². The molecule has 0 aromatic heterocycles. The molecule has 2 N–H and O–H groups in total. The quantitative estimate of drug-likeness (QED) is 0.751. The first-order valence-electron chi connectivity index (χ1n) is 7.45. The Labute approximate surface area is 124 Å². The normalized spacial score (nSPS) is 13.2. The molecule has 5 heteroatoms. The van der Waals surface area contributed by atoms with Crippen molar-refractivity contribution in [1.82, 2.24) is 0 Å². The zero-order valence-corrected chi connectivity index (χ0v) is 12.7. The first-order chi connectivity index (χ1) is 9.92. The molecule has 2 nitrogen and oxygen atoms in total. The summed E-state index contributed by atoms with van der Waals surface area (Å²) in [6.45, 7) is 4.61. The van der Waals surface area contributed by atoms with E-state index in [1.165, 1.54) is 12.1 Å². The second-order valence-electron chi connectivity index (χ2n) is 5.25. The maximum absolute atomic E-state index is 12.8. The largest absolute Gasteiger partial charge is 0.493 e. The van der Waals surface area contributed by atoms with E-state index in [9.17, 15) is 13.2 Å². The lowest BCUT2D eigenvalue weighted by Crippen LogP contribution is -2.14. The summed E-state index contributed by atoms with van der Waals surface area (Å²) in [6.07, 6.45) is -0.0148. The number of ether oxygens (including phenoxy) is 1. The summed E-state index contributed by atoms with van der Waals surface area (Å²) in [6, 6.07) is 3.81. The van der Waals surface area contributed by atoms with Gasteiger partial charge in [-0.2, -0.15) is 13.2 Å². The Morgan fingerprint density at radius 1 is 1.24 bits per heavy atom. The minimum Gasteiger partial charge on any atom is -0.493 e. The van der Waals surface area contributed by atoms with Gasteiger partial charge in [-0.25, -0.2) is 0 Å². The Morgan fingerprint density at radius 3 is 2.48 bits per heavy atom. The highest BCUT2D eigenvalue weighted by Gasteiger charge is 2.33. The van der Waals surface area contributed by atoms with Crippen molar-refractivity contribution >= 4 is 0 Å². The third-order valence-corrected chi connectivity index (χ3v) is 3.63. The van der Waals surface area contributed by atoms with Gasteiger partial charge in [0.25, 0.3) is 0 Å². The fourth-order valence-electron chi connectivity index (χ4n) is 2.22.